The van der Waals surface area contributed by atoms with Crippen LogP contribution in [0.25, 0.3) is 6.08 Å². The topological polar surface area (TPSA) is 79.8 Å². The zero-order chi connectivity index (χ0) is 17.6. The van der Waals surface area contributed by atoms with Gasteiger partial charge in [0.2, 0.25) is 0 Å². The Morgan fingerprint density at radius 3 is 2.48 bits per heavy atom. The van der Waals surface area contributed by atoms with E-state index in [-0.39, 0.29) is 11.7 Å². The first-order valence-corrected chi connectivity index (χ1v) is 8.11. The molecular weight excluding hydrogens is 322 g/mol. The molecule has 1 aliphatic heterocycles. The average Bonchev–Trinajstić information content (AvgIpc) is 3.13. The van der Waals surface area contributed by atoms with Gasteiger partial charge >= 0.3 is 5.88 Å². The van der Waals surface area contributed by atoms with Crippen LogP contribution in [0.15, 0.2) is 53.0 Å². The van der Waals surface area contributed by atoms with Gasteiger partial charge in [-0.2, -0.15) is 0 Å². The van der Waals surface area contributed by atoms with E-state index in [2.05, 4.69) is 29.2 Å². The largest absolute Gasteiger partial charge is 0.433 e. The third-order valence-corrected chi connectivity index (χ3v) is 4.12. The van der Waals surface area contributed by atoms with Gasteiger partial charge in [-0.05, 0) is 11.6 Å². The number of amides is 1. The fourth-order valence-corrected chi connectivity index (χ4v) is 2.73. The van der Waals surface area contributed by atoms with Crippen LogP contribution in [-0.2, 0) is 0 Å². The number of hydrogen-bond donors (Lipinski definition) is 0. The van der Waals surface area contributed by atoms with E-state index in [9.17, 15) is 14.9 Å². The van der Waals surface area contributed by atoms with Gasteiger partial charge in [-0.25, -0.2) is 0 Å². The van der Waals surface area contributed by atoms with Crippen LogP contribution >= 0.6 is 0 Å². The van der Waals surface area contributed by atoms with Crippen LogP contribution in [0, 0.1) is 10.1 Å². The number of carbonyl (C=O) groups is 1. The highest BCUT2D eigenvalue weighted by Gasteiger charge is 2.25. The van der Waals surface area contributed by atoms with Crippen LogP contribution < -0.4 is 0 Å². The Balaban J connectivity index is 1.48. The summed E-state index contributed by atoms with van der Waals surface area (Å²) < 4.78 is 4.99. The summed E-state index contributed by atoms with van der Waals surface area (Å²) in [6.45, 7) is 3.49. The zero-order valence-corrected chi connectivity index (χ0v) is 13.7. The first kappa shape index (κ1) is 16.9. The molecule has 2 heterocycles. The van der Waals surface area contributed by atoms with E-state index in [1.165, 1.54) is 12.1 Å². The Bertz CT molecular complexity index is 762. The van der Waals surface area contributed by atoms with E-state index in [0.29, 0.717) is 13.1 Å². The van der Waals surface area contributed by atoms with Gasteiger partial charge < -0.3 is 9.32 Å². The number of nitro groups is 1. The summed E-state index contributed by atoms with van der Waals surface area (Å²) in [6.07, 6.45) is 4.20. The molecule has 1 fully saturated rings. The highest BCUT2D eigenvalue weighted by atomic mass is 16.6. The molecule has 1 saturated heterocycles. The molecule has 1 aromatic heterocycles. The normalized spacial score (nSPS) is 15.6. The highest BCUT2D eigenvalue weighted by molar-refractivity contribution is 5.91. The van der Waals surface area contributed by atoms with Gasteiger partial charge in [0.05, 0.1) is 6.07 Å². The predicted molar refractivity (Wildman–Crippen MR) is 93.2 cm³/mol. The lowest BCUT2D eigenvalue weighted by Gasteiger charge is -2.33. The quantitative estimate of drug-likeness (QED) is 0.617. The molecule has 1 aliphatic rings. The second-order valence-corrected chi connectivity index (χ2v) is 5.80. The van der Waals surface area contributed by atoms with Gasteiger partial charge in [0.25, 0.3) is 5.91 Å². The Morgan fingerprint density at radius 1 is 1.12 bits per heavy atom. The molecule has 0 N–H and O–H groups in total. The zero-order valence-electron chi connectivity index (χ0n) is 13.7. The van der Waals surface area contributed by atoms with Crippen molar-refractivity contribution in [2.75, 3.05) is 32.7 Å². The first-order valence-electron chi connectivity index (χ1n) is 8.11. The van der Waals surface area contributed by atoms with Crippen molar-refractivity contribution < 1.29 is 14.1 Å². The average molecular weight is 341 g/mol. The second kappa shape index (κ2) is 7.76. The summed E-state index contributed by atoms with van der Waals surface area (Å²) in [5.41, 5.74) is 1.16. The maximum atomic E-state index is 12.3. The number of furan rings is 1. The molecule has 1 aromatic carbocycles. The van der Waals surface area contributed by atoms with Crippen LogP contribution in [0.4, 0.5) is 5.88 Å². The summed E-state index contributed by atoms with van der Waals surface area (Å²) in [5.74, 6) is -0.690. The lowest BCUT2D eigenvalue weighted by atomic mass is 10.2. The number of nitrogens with zero attached hydrogens (tertiary/aromatic N) is 3. The second-order valence-electron chi connectivity index (χ2n) is 5.80. The molecule has 2 aromatic rings. The van der Waals surface area contributed by atoms with Crippen molar-refractivity contribution >= 4 is 17.9 Å². The van der Waals surface area contributed by atoms with Crippen molar-refractivity contribution in [1.29, 1.82) is 0 Å². The van der Waals surface area contributed by atoms with Crippen LogP contribution in [-0.4, -0.2) is 53.4 Å². The molecule has 0 atom stereocenters. The van der Waals surface area contributed by atoms with Crippen molar-refractivity contribution in [2.45, 2.75) is 0 Å². The lowest BCUT2D eigenvalue weighted by molar-refractivity contribution is -0.402. The predicted octanol–water partition coefficient (Wildman–Crippen LogP) is 2.66. The molecule has 0 radical (unpaired) electrons. The molecule has 1 amide bonds. The van der Waals surface area contributed by atoms with Gasteiger partial charge in [0.1, 0.15) is 4.92 Å². The van der Waals surface area contributed by atoms with Gasteiger partial charge in [0, 0.05) is 32.7 Å². The third-order valence-electron chi connectivity index (χ3n) is 4.12. The van der Waals surface area contributed by atoms with Crippen LogP contribution in [0.2, 0.25) is 0 Å². The van der Waals surface area contributed by atoms with Crippen LogP contribution in [0.1, 0.15) is 16.1 Å². The summed E-state index contributed by atoms with van der Waals surface area (Å²) in [6, 6.07) is 12.7. The molecular formula is C18H19N3O4. The lowest BCUT2D eigenvalue weighted by Crippen LogP contribution is -2.48. The van der Waals surface area contributed by atoms with Gasteiger partial charge in [-0.1, -0.05) is 42.5 Å². The van der Waals surface area contributed by atoms with Gasteiger partial charge in [-0.15, -0.1) is 0 Å². The minimum atomic E-state index is -0.645. The molecule has 130 valence electrons. The standard InChI is InChI=1S/C18H19N3O4/c22-18(16-8-9-17(25-16)21(23)24)20-13-11-19(12-14-20)10-4-7-15-5-2-1-3-6-15/h1-9H,10-14H2/b7-4+. The molecule has 0 saturated carbocycles. The maximum absolute atomic E-state index is 12.3. The number of rotatable bonds is 5. The number of benzene rings is 1. The van der Waals surface area contributed by atoms with Crippen molar-refractivity contribution in [2.24, 2.45) is 0 Å². The van der Waals surface area contributed by atoms with Crippen molar-refractivity contribution in [1.82, 2.24) is 9.80 Å². The first-order chi connectivity index (χ1) is 12.1. The van der Waals surface area contributed by atoms with Crippen molar-refractivity contribution in [3.05, 3.63) is 70.0 Å². The summed E-state index contributed by atoms with van der Waals surface area (Å²) in [5, 5.41) is 10.6. The number of carbonyl (C=O) groups excluding carboxylic acids is 1. The van der Waals surface area contributed by atoms with Gasteiger partial charge in [0.15, 0.2) is 5.76 Å². The molecule has 3 rings (SSSR count). The Hall–Kier alpha value is -2.93. The smallest absolute Gasteiger partial charge is 0.395 e. The highest BCUT2D eigenvalue weighted by Crippen LogP contribution is 2.18. The Morgan fingerprint density at radius 2 is 1.84 bits per heavy atom. The van der Waals surface area contributed by atoms with Gasteiger partial charge in [-0.3, -0.25) is 19.8 Å². The van der Waals surface area contributed by atoms with Crippen molar-refractivity contribution in [3.63, 3.8) is 0 Å². The minimum absolute atomic E-state index is 0.0177. The maximum Gasteiger partial charge on any atom is 0.433 e. The van der Waals surface area contributed by atoms with Crippen LogP contribution in [0.5, 0.6) is 0 Å². The van der Waals surface area contributed by atoms with E-state index in [1.807, 2.05) is 18.2 Å². The van der Waals surface area contributed by atoms with Crippen LogP contribution in [0.3, 0.4) is 0 Å². The van der Waals surface area contributed by atoms with E-state index in [1.54, 1.807) is 4.90 Å². The number of hydrogen-bond acceptors (Lipinski definition) is 5. The minimum Gasteiger partial charge on any atom is -0.395 e. The summed E-state index contributed by atoms with van der Waals surface area (Å²) in [7, 11) is 0. The SMILES string of the molecule is O=C(c1ccc([N+](=O)[O-])o1)N1CCN(C/C=C/c2ccccc2)CC1. The molecule has 0 spiro atoms. The fourth-order valence-electron chi connectivity index (χ4n) is 2.73. The van der Waals surface area contributed by atoms with Crippen molar-refractivity contribution in [3.8, 4) is 0 Å². The third kappa shape index (κ3) is 4.33. The Labute approximate surface area is 145 Å². The monoisotopic (exact) mass is 341 g/mol. The Kier molecular flexibility index (Phi) is 5.25. The molecule has 25 heavy (non-hydrogen) atoms. The van der Waals surface area contributed by atoms with E-state index >= 15 is 0 Å². The molecule has 7 nitrogen and oxygen atoms in total. The van der Waals surface area contributed by atoms with E-state index < -0.39 is 10.8 Å². The molecule has 0 bridgehead atoms. The fraction of sp³-hybridized carbons (Fsp3) is 0.278. The molecule has 7 heteroatoms. The summed E-state index contributed by atoms with van der Waals surface area (Å²) >= 11 is 0. The molecule has 0 unspecified atom stereocenters. The number of piperazine rings is 1. The van der Waals surface area contributed by atoms with E-state index in [0.717, 1.165) is 25.2 Å². The molecule has 0 aliphatic carbocycles. The summed E-state index contributed by atoms with van der Waals surface area (Å²) in [4.78, 5) is 26.2. The van der Waals surface area contributed by atoms with E-state index in [4.69, 9.17) is 4.42 Å².